The van der Waals surface area contributed by atoms with Gasteiger partial charge in [0.2, 0.25) is 0 Å². The Morgan fingerprint density at radius 3 is 2.57 bits per heavy atom. The van der Waals surface area contributed by atoms with E-state index < -0.39 is 6.10 Å². The molecule has 0 radical (unpaired) electrons. The van der Waals surface area contributed by atoms with Crippen LogP contribution in [0.5, 0.6) is 0 Å². The number of thiophene rings is 2. The molecule has 5 heteroatoms. The number of hydrogen-bond donors (Lipinski definition) is 1. The lowest BCUT2D eigenvalue weighted by Crippen LogP contribution is -2.17. The van der Waals surface area contributed by atoms with Crippen LogP contribution in [0.3, 0.4) is 0 Å². The van der Waals surface area contributed by atoms with Crippen molar-refractivity contribution >= 4 is 28.6 Å². The molecule has 0 amide bonds. The molecule has 1 unspecified atom stereocenters. The van der Waals surface area contributed by atoms with Crippen molar-refractivity contribution in [2.45, 2.75) is 33.3 Å². The second-order valence-corrected chi connectivity index (χ2v) is 8.01. The van der Waals surface area contributed by atoms with Gasteiger partial charge in [0.15, 0.2) is 0 Å². The largest absolute Gasteiger partial charge is 0.462 e. The fourth-order valence-electron chi connectivity index (χ4n) is 1.86. The van der Waals surface area contributed by atoms with Gasteiger partial charge in [-0.05, 0) is 37.1 Å². The van der Waals surface area contributed by atoms with Crippen molar-refractivity contribution in [2.75, 3.05) is 6.61 Å². The van der Waals surface area contributed by atoms with E-state index in [1.54, 1.807) is 22.7 Å². The van der Waals surface area contributed by atoms with Crippen molar-refractivity contribution in [1.29, 1.82) is 0 Å². The van der Waals surface area contributed by atoms with E-state index in [4.69, 9.17) is 4.74 Å². The van der Waals surface area contributed by atoms with Gasteiger partial charge in [-0.1, -0.05) is 25.7 Å². The molecule has 1 atom stereocenters. The van der Waals surface area contributed by atoms with E-state index in [0.29, 0.717) is 6.42 Å². The molecule has 2 heterocycles. The van der Waals surface area contributed by atoms with Crippen molar-refractivity contribution in [2.24, 2.45) is 5.92 Å². The summed E-state index contributed by atoms with van der Waals surface area (Å²) in [5.74, 6) is 5.61. The Morgan fingerprint density at radius 1 is 1.22 bits per heavy atom. The lowest BCUT2D eigenvalue weighted by atomic mass is 10.1. The zero-order chi connectivity index (χ0) is 16.8. The van der Waals surface area contributed by atoms with Gasteiger partial charge < -0.3 is 9.84 Å². The summed E-state index contributed by atoms with van der Waals surface area (Å²) in [5, 5.41) is 9.78. The third-order valence-corrected chi connectivity index (χ3v) is 5.13. The van der Waals surface area contributed by atoms with Crippen LogP contribution in [0.1, 0.15) is 30.0 Å². The molecule has 23 heavy (non-hydrogen) atoms. The molecule has 2 aromatic heterocycles. The highest BCUT2D eigenvalue weighted by molar-refractivity contribution is 7.22. The Kier molecular flexibility index (Phi) is 6.40. The van der Waals surface area contributed by atoms with Crippen LogP contribution in [-0.2, 0) is 9.53 Å². The third-order valence-electron chi connectivity index (χ3n) is 2.93. The Hall–Kier alpha value is -1.61. The second-order valence-electron chi connectivity index (χ2n) is 5.64. The second kappa shape index (κ2) is 8.30. The molecule has 0 fully saturated rings. The molecule has 2 rings (SSSR count). The standard InChI is InChI=1S/C18H20O3S2/c1-12(2)10-18(20)21-11-14(19)5-6-15-7-9-17(23-15)16-8-4-13(3)22-16/h4,7-9,12,14,19H,10-11H2,1-3H3. The minimum Gasteiger partial charge on any atom is -0.462 e. The lowest BCUT2D eigenvalue weighted by molar-refractivity contribution is -0.146. The molecule has 122 valence electrons. The highest BCUT2D eigenvalue weighted by Crippen LogP contribution is 2.32. The van der Waals surface area contributed by atoms with Crippen molar-refractivity contribution in [3.63, 3.8) is 0 Å². The number of ether oxygens (including phenoxy) is 1. The molecule has 1 N–H and O–H groups in total. The molecule has 3 nitrogen and oxygen atoms in total. The van der Waals surface area contributed by atoms with E-state index in [2.05, 4.69) is 30.9 Å². The normalized spacial score (nSPS) is 11.9. The van der Waals surface area contributed by atoms with Gasteiger partial charge in [0, 0.05) is 21.1 Å². The van der Waals surface area contributed by atoms with Crippen LogP contribution in [0.2, 0.25) is 0 Å². The van der Waals surface area contributed by atoms with Crippen molar-refractivity contribution in [3.8, 4) is 21.6 Å². The first-order valence-corrected chi connectivity index (χ1v) is 9.09. The maximum absolute atomic E-state index is 11.4. The first-order chi connectivity index (χ1) is 10.9. The molecule has 0 saturated carbocycles. The SMILES string of the molecule is Cc1ccc(-c2ccc(C#CC(O)COC(=O)CC(C)C)s2)s1. The first-order valence-electron chi connectivity index (χ1n) is 7.46. The van der Waals surface area contributed by atoms with Crippen LogP contribution < -0.4 is 0 Å². The summed E-state index contributed by atoms with van der Waals surface area (Å²) in [4.78, 5) is 16.0. The van der Waals surface area contributed by atoms with E-state index in [9.17, 15) is 9.90 Å². The number of aliphatic hydroxyl groups excluding tert-OH is 1. The molecule has 0 spiro atoms. The molecule has 0 bridgehead atoms. The Labute approximate surface area is 144 Å². The van der Waals surface area contributed by atoms with E-state index >= 15 is 0 Å². The van der Waals surface area contributed by atoms with E-state index in [1.165, 1.54) is 14.6 Å². The maximum atomic E-state index is 11.4. The minimum atomic E-state index is -0.958. The van der Waals surface area contributed by atoms with Crippen LogP contribution >= 0.6 is 22.7 Å². The van der Waals surface area contributed by atoms with E-state index in [-0.39, 0.29) is 18.5 Å². The van der Waals surface area contributed by atoms with Crippen LogP contribution in [0.4, 0.5) is 0 Å². The van der Waals surface area contributed by atoms with Gasteiger partial charge in [0.05, 0.1) is 4.88 Å². The number of rotatable bonds is 5. The highest BCUT2D eigenvalue weighted by atomic mass is 32.1. The predicted molar refractivity (Wildman–Crippen MR) is 95.7 cm³/mol. The molecule has 2 aromatic rings. The monoisotopic (exact) mass is 348 g/mol. The van der Waals surface area contributed by atoms with Gasteiger partial charge in [-0.25, -0.2) is 0 Å². The molecule has 0 aliphatic rings. The minimum absolute atomic E-state index is 0.0824. The molecule has 0 saturated heterocycles. The van der Waals surface area contributed by atoms with Gasteiger partial charge in [-0.3, -0.25) is 4.79 Å². The smallest absolute Gasteiger partial charge is 0.306 e. The summed E-state index contributed by atoms with van der Waals surface area (Å²) in [6, 6.07) is 8.18. The maximum Gasteiger partial charge on any atom is 0.306 e. The third kappa shape index (κ3) is 5.83. The van der Waals surface area contributed by atoms with Crippen molar-refractivity contribution < 1.29 is 14.6 Å². The summed E-state index contributed by atoms with van der Waals surface area (Å²) in [7, 11) is 0. The topological polar surface area (TPSA) is 46.5 Å². The number of carbonyl (C=O) groups is 1. The number of esters is 1. The summed E-state index contributed by atoms with van der Waals surface area (Å²) in [5.41, 5.74) is 0. The summed E-state index contributed by atoms with van der Waals surface area (Å²) < 4.78 is 4.99. The summed E-state index contributed by atoms with van der Waals surface area (Å²) >= 11 is 3.34. The molecule has 0 aliphatic heterocycles. The van der Waals surface area contributed by atoms with Crippen LogP contribution in [-0.4, -0.2) is 23.8 Å². The highest BCUT2D eigenvalue weighted by Gasteiger charge is 2.09. The van der Waals surface area contributed by atoms with Crippen molar-refractivity contribution in [1.82, 2.24) is 0 Å². The van der Waals surface area contributed by atoms with Gasteiger partial charge >= 0.3 is 5.97 Å². The lowest BCUT2D eigenvalue weighted by Gasteiger charge is -2.07. The van der Waals surface area contributed by atoms with E-state index in [0.717, 1.165) is 4.88 Å². The zero-order valence-electron chi connectivity index (χ0n) is 13.5. The predicted octanol–water partition coefficient (Wildman–Crippen LogP) is 4.09. The Balaban J connectivity index is 1.89. The molecular weight excluding hydrogens is 328 g/mol. The molecule has 0 aliphatic carbocycles. The average molecular weight is 348 g/mol. The van der Waals surface area contributed by atoms with Gasteiger partial charge in [-0.15, -0.1) is 22.7 Å². The zero-order valence-corrected chi connectivity index (χ0v) is 15.1. The van der Waals surface area contributed by atoms with Gasteiger partial charge in [-0.2, -0.15) is 0 Å². The Bertz CT molecular complexity index is 716. The van der Waals surface area contributed by atoms with Crippen LogP contribution in [0, 0.1) is 24.7 Å². The molecular formula is C18H20O3S2. The van der Waals surface area contributed by atoms with Crippen molar-refractivity contribution in [3.05, 3.63) is 34.0 Å². The molecule has 0 aromatic carbocycles. The fraction of sp³-hybridized carbons (Fsp3) is 0.389. The number of aliphatic hydroxyl groups is 1. The number of carbonyl (C=O) groups excluding carboxylic acids is 1. The number of aryl methyl sites for hydroxylation is 1. The summed E-state index contributed by atoms with van der Waals surface area (Å²) in [6.07, 6.45) is -0.602. The van der Waals surface area contributed by atoms with Gasteiger partial charge in [0.25, 0.3) is 0 Å². The fourth-order valence-corrected chi connectivity index (χ4v) is 3.69. The van der Waals surface area contributed by atoms with Crippen LogP contribution in [0.15, 0.2) is 24.3 Å². The Morgan fingerprint density at radius 2 is 1.91 bits per heavy atom. The van der Waals surface area contributed by atoms with E-state index in [1.807, 2.05) is 26.0 Å². The van der Waals surface area contributed by atoms with Gasteiger partial charge in [0.1, 0.15) is 12.7 Å². The summed E-state index contributed by atoms with van der Waals surface area (Å²) in [6.45, 7) is 5.89. The number of hydrogen-bond acceptors (Lipinski definition) is 5. The average Bonchev–Trinajstić information content (AvgIpc) is 3.11. The van der Waals surface area contributed by atoms with Crippen LogP contribution in [0.25, 0.3) is 9.75 Å². The quantitative estimate of drug-likeness (QED) is 0.654. The first kappa shape index (κ1) is 17.7.